The van der Waals surface area contributed by atoms with Crippen LogP contribution >= 0.6 is 0 Å². The van der Waals surface area contributed by atoms with Gasteiger partial charge in [0, 0.05) is 18.5 Å². The van der Waals surface area contributed by atoms with Gasteiger partial charge in [-0.05, 0) is 38.2 Å². The highest BCUT2D eigenvalue weighted by Crippen LogP contribution is 2.34. The van der Waals surface area contributed by atoms with Crippen molar-refractivity contribution in [1.82, 2.24) is 5.01 Å². The first-order valence-corrected chi connectivity index (χ1v) is 4.37. The third-order valence-corrected chi connectivity index (χ3v) is 2.35. The van der Waals surface area contributed by atoms with Crippen molar-refractivity contribution in [3.63, 3.8) is 0 Å². The van der Waals surface area contributed by atoms with E-state index in [0.29, 0.717) is 6.04 Å². The monoisotopic (exact) mass is 167 g/mol. The van der Waals surface area contributed by atoms with Gasteiger partial charge in [-0.15, -0.1) is 0 Å². The van der Waals surface area contributed by atoms with Crippen LogP contribution in [0.1, 0.15) is 26.7 Å². The third kappa shape index (κ3) is 2.34. The summed E-state index contributed by atoms with van der Waals surface area (Å²) in [5.41, 5.74) is 0.894. The number of hydrazine groups is 1. The zero-order valence-corrected chi connectivity index (χ0v) is 7.75. The van der Waals surface area contributed by atoms with E-state index in [1.807, 2.05) is 13.1 Å². The molecule has 0 aromatic carbocycles. The Labute approximate surface area is 73.7 Å². The first kappa shape index (κ1) is 9.26. The van der Waals surface area contributed by atoms with E-state index in [-0.39, 0.29) is 0 Å². The maximum Gasteiger partial charge on any atom is 0.0445 e. The summed E-state index contributed by atoms with van der Waals surface area (Å²) in [6.07, 6.45) is 5.74. The standard InChI is InChI=1S/C9H17N3/c1-7(5-10)6-12(11)8(2)9-3-4-9/h5-6,8-10H,3-4,11H2,1-2H3/b7-6+,10-5?. The fraction of sp³-hybridized carbons (Fsp3) is 0.667. The Morgan fingerprint density at radius 2 is 2.25 bits per heavy atom. The van der Waals surface area contributed by atoms with E-state index in [0.717, 1.165) is 11.5 Å². The molecule has 1 fully saturated rings. The lowest BCUT2D eigenvalue weighted by atomic mass is 10.2. The molecule has 0 radical (unpaired) electrons. The van der Waals surface area contributed by atoms with Crippen LogP contribution in [0.2, 0.25) is 0 Å². The summed E-state index contributed by atoms with van der Waals surface area (Å²) >= 11 is 0. The maximum absolute atomic E-state index is 6.99. The van der Waals surface area contributed by atoms with E-state index in [1.54, 1.807) is 5.01 Å². The molecule has 1 unspecified atom stereocenters. The van der Waals surface area contributed by atoms with E-state index >= 15 is 0 Å². The zero-order valence-electron chi connectivity index (χ0n) is 7.75. The van der Waals surface area contributed by atoms with Crippen molar-refractivity contribution in [3.05, 3.63) is 11.8 Å². The fourth-order valence-corrected chi connectivity index (χ4v) is 1.21. The molecule has 3 nitrogen and oxygen atoms in total. The van der Waals surface area contributed by atoms with Gasteiger partial charge in [0.1, 0.15) is 0 Å². The molecule has 3 N–H and O–H groups in total. The highest BCUT2D eigenvalue weighted by atomic mass is 15.4. The van der Waals surface area contributed by atoms with Gasteiger partial charge < -0.3 is 10.4 Å². The Balaban J connectivity index is 2.45. The predicted octanol–water partition coefficient (Wildman–Crippen LogP) is 1.51. The smallest absolute Gasteiger partial charge is 0.0445 e. The van der Waals surface area contributed by atoms with Gasteiger partial charge >= 0.3 is 0 Å². The van der Waals surface area contributed by atoms with E-state index in [1.165, 1.54) is 19.1 Å². The van der Waals surface area contributed by atoms with Crippen LogP contribution in [-0.4, -0.2) is 17.3 Å². The quantitative estimate of drug-likeness (QED) is 0.379. The van der Waals surface area contributed by atoms with Crippen molar-refractivity contribution in [1.29, 1.82) is 5.41 Å². The topological polar surface area (TPSA) is 53.1 Å². The summed E-state index contributed by atoms with van der Waals surface area (Å²) in [4.78, 5) is 0. The Bertz CT molecular complexity index is 194. The van der Waals surface area contributed by atoms with Crippen molar-refractivity contribution < 1.29 is 0 Å². The second-order valence-electron chi connectivity index (χ2n) is 3.54. The highest BCUT2D eigenvalue weighted by molar-refractivity contribution is 5.74. The largest absolute Gasteiger partial charge is 0.315 e. The van der Waals surface area contributed by atoms with Gasteiger partial charge in [0.25, 0.3) is 0 Å². The molecule has 1 aliphatic rings. The molecule has 0 aromatic rings. The van der Waals surface area contributed by atoms with Crippen LogP contribution in [0.3, 0.4) is 0 Å². The number of hydrogen-bond donors (Lipinski definition) is 2. The first-order valence-electron chi connectivity index (χ1n) is 4.37. The van der Waals surface area contributed by atoms with Crippen LogP contribution < -0.4 is 5.84 Å². The second-order valence-corrected chi connectivity index (χ2v) is 3.54. The van der Waals surface area contributed by atoms with E-state index in [9.17, 15) is 0 Å². The van der Waals surface area contributed by atoms with Crippen LogP contribution in [0.15, 0.2) is 11.8 Å². The van der Waals surface area contributed by atoms with Crippen molar-refractivity contribution in [2.45, 2.75) is 32.7 Å². The molecule has 0 amide bonds. The number of rotatable bonds is 4. The molecule has 0 spiro atoms. The van der Waals surface area contributed by atoms with Gasteiger partial charge in [-0.25, -0.2) is 5.84 Å². The molecule has 0 aromatic heterocycles. The SMILES string of the molecule is C/C(C=N)=C\N(N)C(C)C1CC1. The van der Waals surface area contributed by atoms with Gasteiger partial charge in [0.05, 0.1) is 0 Å². The molecule has 3 heteroatoms. The third-order valence-electron chi connectivity index (χ3n) is 2.35. The van der Waals surface area contributed by atoms with Crippen molar-refractivity contribution >= 4 is 6.21 Å². The first-order chi connectivity index (χ1) is 5.65. The van der Waals surface area contributed by atoms with E-state index in [4.69, 9.17) is 11.3 Å². The minimum Gasteiger partial charge on any atom is -0.315 e. The van der Waals surface area contributed by atoms with Gasteiger partial charge in [0.15, 0.2) is 0 Å². The summed E-state index contributed by atoms with van der Waals surface area (Å²) in [6.45, 7) is 4.01. The minimum atomic E-state index is 0.417. The molecule has 1 atom stereocenters. The number of nitrogens with one attached hydrogen (secondary N) is 1. The number of allylic oxidation sites excluding steroid dienone is 1. The van der Waals surface area contributed by atoms with E-state index < -0.39 is 0 Å². The second kappa shape index (κ2) is 3.72. The lowest BCUT2D eigenvalue weighted by Gasteiger charge is -2.22. The van der Waals surface area contributed by atoms with Gasteiger partial charge in [-0.2, -0.15) is 0 Å². The Hall–Kier alpha value is -0.830. The van der Waals surface area contributed by atoms with Crippen molar-refractivity contribution in [2.75, 3.05) is 0 Å². The van der Waals surface area contributed by atoms with Crippen molar-refractivity contribution in [2.24, 2.45) is 11.8 Å². The Morgan fingerprint density at radius 3 is 2.67 bits per heavy atom. The molecular weight excluding hydrogens is 150 g/mol. The molecule has 0 bridgehead atoms. The summed E-state index contributed by atoms with van der Waals surface area (Å²) in [6, 6.07) is 0.417. The summed E-state index contributed by atoms with van der Waals surface area (Å²) in [5.74, 6) is 6.56. The number of nitrogens with zero attached hydrogens (tertiary/aromatic N) is 1. The van der Waals surface area contributed by atoms with Crippen molar-refractivity contribution in [3.8, 4) is 0 Å². The van der Waals surface area contributed by atoms with Crippen LogP contribution in [0.5, 0.6) is 0 Å². The fourth-order valence-electron chi connectivity index (χ4n) is 1.21. The highest BCUT2D eigenvalue weighted by Gasteiger charge is 2.29. The molecule has 1 aliphatic carbocycles. The summed E-state index contributed by atoms with van der Waals surface area (Å²) < 4.78 is 0. The lowest BCUT2D eigenvalue weighted by Crippen LogP contribution is -2.36. The normalized spacial score (nSPS) is 20.4. The molecule has 0 heterocycles. The van der Waals surface area contributed by atoms with Crippen LogP contribution in [-0.2, 0) is 0 Å². The lowest BCUT2D eigenvalue weighted by molar-refractivity contribution is 0.274. The zero-order chi connectivity index (χ0) is 9.14. The van der Waals surface area contributed by atoms with Gasteiger partial charge in [-0.1, -0.05) is 0 Å². The van der Waals surface area contributed by atoms with Crippen LogP contribution in [0.4, 0.5) is 0 Å². The predicted molar refractivity (Wildman–Crippen MR) is 50.8 cm³/mol. The van der Waals surface area contributed by atoms with Crippen LogP contribution in [0.25, 0.3) is 0 Å². The number of hydrogen-bond acceptors (Lipinski definition) is 3. The Morgan fingerprint density at radius 1 is 1.67 bits per heavy atom. The Kier molecular flexibility index (Phi) is 2.87. The van der Waals surface area contributed by atoms with Crippen LogP contribution in [0, 0.1) is 11.3 Å². The maximum atomic E-state index is 6.99. The summed E-state index contributed by atoms with van der Waals surface area (Å²) in [7, 11) is 0. The summed E-state index contributed by atoms with van der Waals surface area (Å²) in [5, 5.41) is 8.71. The molecule has 1 rings (SSSR count). The van der Waals surface area contributed by atoms with Gasteiger partial charge in [0.2, 0.25) is 0 Å². The number of nitrogens with two attached hydrogens (primary N) is 1. The molecule has 1 saturated carbocycles. The molecule has 0 aliphatic heterocycles. The molecule has 68 valence electrons. The molecular formula is C9H17N3. The van der Waals surface area contributed by atoms with Gasteiger partial charge in [-0.3, -0.25) is 0 Å². The molecule has 12 heavy (non-hydrogen) atoms. The van der Waals surface area contributed by atoms with E-state index in [2.05, 4.69) is 6.92 Å². The minimum absolute atomic E-state index is 0.417. The average Bonchev–Trinajstić information content (AvgIpc) is 2.85. The molecule has 0 saturated heterocycles. The average molecular weight is 167 g/mol.